The topological polar surface area (TPSA) is 66.0 Å². The van der Waals surface area contributed by atoms with E-state index in [1.54, 1.807) is 13.1 Å². The summed E-state index contributed by atoms with van der Waals surface area (Å²) in [5.74, 6) is 0.730. The number of hydrogen-bond donors (Lipinski definition) is 2. The van der Waals surface area contributed by atoms with E-state index in [2.05, 4.69) is 15.6 Å². The summed E-state index contributed by atoms with van der Waals surface area (Å²) in [4.78, 5) is 18.0. The molecule has 0 bridgehead atoms. The molecule has 2 fully saturated rings. The van der Waals surface area contributed by atoms with Gasteiger partial charge in [-0.25, -0.2) is 0 Å². The van der Waals surface area contributed by atoms with E-state index in [1.807, 2.05) is 4.90 Å². The molecule has 1 saturated heterocycles. The maximum absolute atomic E-state index is 13.0. The van der Waals surface area contributed by atoms with Crippen LogP contribution in [0.2, 0.25) is 0 Å². The molecule has 1 atom stereocenters. The Bertz CT molecular complexity index is 741. The van der Waals surface area contributed by atoms with Gasteiger partial charge in [-0.3, -0.25) is 9.79 Å². The van der Waals surface area contributed by atoms with Gasteiger partial charge in [0.15, 0.2) is 5.96 Å². The summed E-state index contributed by atoms with van der Waals surface area (Å²) in [5, 5.41) is 6.19. The lowest BCUT2D eigenvalue weighted by atomic mass is 10.0. The van der Waals surface area contributed by atoms with Crippen molar-refractivity contribution in [2.75, 3.05) is 33.3 Å². The van der Waals surface area contributed by atoms with Gasteiger partial charge in [-0.2, -0.15) is 13.2 Å². The second-order valence-electron chi connectivity index (χ2n) is 7.35. The molecule has 1 saturated carbocycles. The van der Waals surface area contributed by atoms with Crippen molar-refractivity contribution in [1.29, 1.82) is 0 Å². The van der Waals surface area contributed by atoms with Crippen LogP contribution in [0.15, 0.2) is 29.3 Å². The smallest absolute Gasteiger partial charge is 0.370 e. The molecular formula is C20H28F3IN4O2. The number of nitrogens with zero attached hydrogens (tertiary/aromatic N) is 2. The summed E-state index contributed by atoms with van der Waals surface area (Å²) in [5.41, 5.74) is -0.181. The zero-order valence-corrected chi connectivity index (χ0v) is 19.2. The molecule has 1 aromatic carbocycles. The van der Waals surface area contributed by atoms with Crippen LogP contribution in [-0.2, 0) is 15.7 Å². The predicted molar refractivity (Wildman–Crippen MR) is 119 cm³/mol. The normalized spacial score (nSPS) is 19.8. The van der Waals surface area contributed by atoms with Gasteiger partial charge in [0.05, 0.1) is 18.7 Å². The fraction of sp³-hybridized carbons (Fsp3) is 0.600. The van der Waals surface area contributed by atoms with Gasteiger partial charge in [-0.05, 0) is 37.0 Å². The Kier molecular flexibility index (Phi) is 9.20. The molecule has 0 radical (unpaired) electrons. The molecule has 0 spiro atoms. The molecule has 1 amide bonds. The number of hydrogen-bond acceptors (Lipinski definition) is 3. The zero-order chi connectivity index (χ0) is 20.9. The molecule has 2 aliphatic rings. The Balaban J connectivity index is 0.00000320. The Morgan fingerprint density at radius 1 is 1.33 bits per heavy atom. The van der Waals surface area contributed by atoms with E-state index < -0.39 is 17.8 Å². The van der Waals surface area contributed by atoms with Crippen molar-refractivity contribution in [3.63, 3.8) is 0 Å². The molecule has 1 heterocycles. The Hall–Kier alpha value is -1.56. The number of alkyl halides is 3. The van der Waals surface area contributed by atoms with Crippen LogP contribution < -0.4 is 10.6 Å². The van der Waals surface area contributed by atoms with Gasteiger partial charge < -0.3 is 20.3 Å². The lowest BCUT2D eigenvalue weighted by molar-refractivity contribution is -0.137. The molecule has 1 aliphatic heterocycles. The van der Waals surface area contributed by atoms with Crippen LogP contribution >= 0.6 is 24.0 Å². The van der Waals surface area contributed by atoms with E-state index in [-0.39, 0.29) is 29.9 Å². The lowest BCUT2D eigenvalue weighted by Gasteiger charge is -2.35. The first-order valence-electron chi connectivity index (χ1n) is 9.90. The standard InChI is InChI=1S/C20H27F3N4O2.HI/c1-24-19(25-9-3-6-18(28)26-16-7-8-16)27-10-11-29-17(13-27)14-4-2-5-15(12-14)20(21,22)23;/h2,4-5,12,16-17H,3,6-11,13H2,1H3,(H,24,25)(H,26,28);1H. The first kappa shape index (κ1) is 24.7. The van der Waals surface area contributed by atoms with Gasteiger partial charge in [0, 0.05) is 32.6 Å². The summed E-state index contributed by atoms with van der Waals surface area (Å²) in [6.07, 6.45) is -1.57. The van der Waals surface area contributed by atoms with Crippen molar-refractivity contribution >= 4 is 35.8 Å². The molecule has 30 heavy (non-hydrogen) atoms. The van der Waals surface area contributed by atoms with Crippen molar-refractivity contribution in [1.82, 2.24) is 15.5 Å². The maximum Gasteiger partial charge on any atom is 0.416 e. The Labute approximate surface area is 191 Å². The minimum Gasteiger partial charge on any atom is -0.370 e. The monoisotopic (exact) mass is 540 g/mol. The van der Waals surface area contributed by atoms with Crippen molar-refractivity contribution in [2.45, 2.75) is 44.0 Å². The van der Waals surface area contributed by atoms with Gasteiger partial charge in [0.2, 0.25) is 5.91 Å². The van der Waals surface area contributed by atoms with E-state index in [0.29, 0.717) is 56.6 Å². The molecule has 1 aromatic rings. The Morgan fingerprint density at radius 2 is 2.10 bits per heavy atom. The number of ether oxygens (including phenoxy) is 1. The first-order chi connectivity index (χ1) is 13.9. The number of amides is 1. The number of halogens is 4. The van der Waals surface area contributed by atoms with Crippen LogP contribution in [0, 0.1) is 0 Å². The summed E-state index contributed by atoms with van der Waals surface area (Å²) in [7, 11) is 1.66. The number of carbonyl (C=O) groups is 1. The van der Waals surface area contributed by atoms with E-state index in [0.717, 1.165) is 25.0 Å². The Morgan fingerprint density at radius 3 is 2.77 bits per heavy atom. The summed E-state index contributed by atoms with van der Waals surface area (Å²) < 4.78 is 44.7. The van der Waals surface area contributed by atoms with E-state index >= 15 is 0 Å². The molecular weight excluding hydrogens is 512 g/mol. The van der Waals surface area contributed by atoms with E-state index in [4.69, 9.17) is 4.74 Å². The predicted octanol–water partition coefficient (Wildman–Crippen LogP) is 3.33. The third-order valence-corrected chi connectivity index (χ3v) is 4.97. The van der Waals surface area contributed by atoms with Gasteiger partial charge >= 0.3 is 6.18 Å². The number of nitrogens with one attached hydrogen (secondary N) is 2. The number of carbonyl (C=O) groups excluding carboxylic acids is 1. The molecule has 10 heteroatoms. The third-order valence-electron chi connectivity index (χ3n) is 4.97. The van der Waals surface area contributed by atoms with Gasteiger partial charge in [0.1, 0.15) is 6.10 Å². The molecule has 6 nitrogen and oxygen atoms in total. The number of guanidine groups is 1. The van der Waals surface area contributed by atoms with Crippen LogP contribution in [0.3, 0.4) is 0 Å². The third kappa shape index (κ3) is 7.29. The summed E-state index contributed by atoms with van der Waals surface area (Å²) in [6.45, 7) is 1.99. The van der Waals surface area contributed by atoms with Crippen LogP contribution in [-0.4, -0.2) is 56.1 Å². The van der Waals surface area contributed by atoms with E-state index in [9.17, 15) is 18.0 Å². The number of aliphatic imine (C=N–C) groups is 1. The highest BCUT2D eigenvalue weighted by Gasteiger charge is 2.32. The average molecular weight is 540 g/mol. The second kappa shape index (κ2) is 11.2. The van der Waals surface area contributed by atoms with Crippen molar-refractivity contribution in [2.24, 2.45) is 4.99 Å². The van der Waals surface area contributed by atoms with Crippen LogP contribution in [0.4, 0.5) is 13.2 Å². The fourth-order valence-electron chi connectivity index (χ4n) is 3.27. The number of rotatable bonds is 6. The molecule has 1 aliphatic carbocycles. The van der Waals surface area contributed by atoms with Crippen LogP contribution in [0.5, 0.6) is 0 Å². The highest BCUT2D eigenvalue weighted by Crippen LogP contribution is 2.32. The lowest BCUT2D eigenvalue weighted by Crippen LogP contribution is -2.48. The second-order valence-corrected chi connectivity index (χ2v) is 7.35. The quantitative estimate of drug-likeness (QED) is 0.252. The summed E-state index contributed by atoms with van der Waals surface area (Å²) in [6, 6.07) is 5.62. The van der Waals surface area contributed by atoms with E-state index in [1.165, 1.54) is 6.07 Å². The largest absolute Gasteiger partial charge is 0.416 e. The zero-order valence-electron chi connectivity index (χ0n) is 16.9. The molecule has 0 aromatic heterocycles. The van der Waals surface area contributed by atoms with Crippen LogP contribution in [0.25, 0.3) is 0 Å². The fourth-order valence-corrected chi connectivity index (χ4v) is 3.27. The summed E-state index contributed by atoms with van der Waals surface area (Å²) >= 11 is 0. The number of morpholine rings is 1. The van der Waals surface area contributed by atoms with Crippen molar-refractivity contribution in [3.8, 4) is 0 Å². The average Bonchev–Trinajstić information content (AvgIpc) is 3.51. The van der Waals surface area contributed by atoms with Gasteiger partial charge in [-0.15, -0.1) is 24.0 Å². The van der Waals surface area contributed by atoms with Crippen molar-refractivity contribution < 1.29 is 22.7 Å². The molecule has 3 rings (SSSR count). The molecule has 168 valence electrons. The first-order valence-corrected chi connectivity index (χ1v) is 9.90. The van der Waals surface area contributed by atoms with Gasteiger partial charge in [0.25, 0.3) is 0 Å². The minimum absolute atomic E-state index is 0. The molecule has 2 N–H and O–H groups in total. The SMILES string of the molecule is CN=C(NCCCC(=O)NC1CC1)N1CCOC(c2cccc(C(F)(F)F)c2)C1.I. The van der Waals surface area contributed by atoms with Crippen LogP contribution in [0.1, 0.15) is 42.9 Å². The highest BCUT2D eigenvalue weighted by molar-refractivity contribution is 14.0. The van der Waals surface area contributed by atoms with Gasteiger partial charge in [-0.1, -0.05) is 12.1 Å². The van der Waals surface area contributed by atoms with Crippen molar-refractivity contribution in [3.05, 3.63) is 35.4 Å². The number of benzene rings is 1. The molecule has 1 unspecified atom stereocenters. The maximum atomic E-state index is 13.0. The minimum atomic E-state index is -4.38. The highest BCUT2D eigenvalue weighted by atomic mass is 127.